The molecule has 4 aliphatic rings. The maximum absolute atomic E-state index is 10.3. The molecule has 34 heavy (non-hydrogen) atoms. The van der Waals surface area contributed by atoms with Crippen molar-refractivity contribution in [3.8, 4) is 5.75 Å². The number of fused-ring (bicyclic) bond motifs is 1. The molecular formula is C28H33ClN2O3. The van der Waals surface area contributed by atoms with E-state index in [1.165, 1.54) is 28.9 Å². The van der Waals surface area contributed by atoms with Crippen LogP contribution in [0.25, 0.3) is 0 Å². The summed E-state index contributed by atoms with van der Waals surface area (Å²) in [6, 6.07) is 6.36. The van der Waals surface area contributed by atoms with Gasteiger partial charge >= 0.3 is 5.97 Å². The molecule has 5 rings (SSSR count). The number of allylic oxidation sites excluding steroid dienone is 5. The number of aromatic carboxylic acids is 1. The Morgan fingerprint density at radius 2 is 2.03 bits per heavy atom. The maximum atomic E-state index is 10.3. The Balaban J connectivity index is 0.000000231. The van der Waals surface area contributed by atoms with Crippen LogP contribution in [0.15, 0.2) is 74.4 Å². The lowest BCUT2D eigenvalue weighted by molar-refractivity contribution is 0.0693. The van der Waals surface area contributed by atoms with Gasteiger partial charge in [-0.25, -0.2) is 4.79 Å². The van der Waals surface area contributed by atoms with Crippen molar-refractivity contribution in [1.29, 1.82) is 0 Å². The van der Waals surface area contributed by atoms with E-state index in [-0.39, 0.29) is 16.9 Å². The molecule has 0 saturated heterocycles. The predicted molar refractivity (Wildman–Crippen MR) is 138 cm³/mol. The van der Waals surface area contributed by atoms with Gasteiger partial charge in [0, 0.05) is 41.9 Å². The predicted octanol–water partition coefficient (Wildman–Crippen LogP) is 6.47. The number of carbonyl (C=O) groups is 1. The van der Waals surface area contributed by atoms with Crippen LogP contribution in [0.4, 0.5) is 0 Å². The van der Waals surface area contributed by atoms with Gasteiger partial charge in [-0.2, -0.15) is 0 Å². The van der Waals surface area contributed by atoms with E-state index in [9.17, 15) is 4.79 Å². The lowest BCUT2D eigenvalue weighted by Crippen LogP contribution is -2.48. The third kappa shape index (κ3) is 4.34. The Labute approximate surface area is 206 Å². The summed E-state index contributed by atoms with van der Waals surface area (Å²) >= 11 is 6.48. The van der Waals surface area contributed by atoms with Crippen LogP contribution in [0, 0.1) is 5.92 Å². The zero-order valence-electron chi connectivity index (χ0n) is 20.3. The third-order valence-electron chi connectivity index (χ3n) is 7.62. The number of carboxylic acid groups (broad SMARTS) is 1. The van der Waals surface area contributed by atoms with Gasteiger partial charge < -0.3 is 15.1 Å². The number of benzene rings is 1. The van der Waals surface area contributed by atoms with Crippen molar-refractivity contribution >= 4 is 23.8 Å². The fraction of sp³-hybridized carbons (Fsp3) is 0.429. The summed E-state index contributed by atoms with van der Waals surface area (Å²) in [4.78, 5) is 18.0. The second-order valence-electron chi connectivity index (χ2n) is 9.89. The van der Waals surface area contributed by atoms with Crippen LogP contribution in [0.5, 0.6) is 5.75 Å². The Kier molecular flexibility index (Phi) is 6.77. The topological polar surface area (TPSA) is 73.1 Å². The van der Waals surface area contributed by atoms with E-state index in [1.54, 1.807) is 23.4 Å². The summed E-state index contributed by atoms with van der Waals surface area (Å²) in [5.41, 5.74) is 7.28. The van der Waals surface area contributed by atoms with Gasteiger partial charge in [-0.3, -0.25) is 4.99 Å². The second kappa shape index (κ2) is 9.46. The number of aromatic hydroxyl groups is 1. The van der Waals surface area contributed by atoms with E-state index >= 15 is 0 Å². The van der Waals surface area contributed by atoms with Crippen LogP contribution >= 0.6 is 11.6 Å². The molecule has 1 aromatic carbocycles. The number of rotatable bonds is 3. The minimum Gasteiger partial charge on any atom is -0.507 e. The van der Waals surface area contributed by atoms with Crippen molar-refractivity contribution < 1.29 is 15.0 Å². The van der Waals surface area contributed by atoms with Gasteiger partial charge in [0.2, 0.25) is 0 Å². The molecule has 6 heteroatoms. The summed E-state index contributed by atoms with van der Waals surface area (Å²) in [5, 5.41) is 18.2. The van der Waals surface area contributed by atoms with E-state index < -0.39 is 5.97 Å². The Morgan fingerprint density at radius 1 is 1.29 bits per heavy atom. The first-order valence-electron chi connectivity index (χ1n) is 11.9. The van der Waals surface area contributed by atoms with Crippen LogP contribution in [0.3, 0.4) is 0 Å². The second-order valence-corrected chi connectivity index (χ2v) is 10.4. The molecule has 180 valence electrons. The highest BCUT2D eigenvalue weighted by Gasteiger charge is 2.51. The lowest BCUT2D eigenvalue weighted by atomic mass is 9.72. The number of para-hydroxylation sites is 1. The highest BCUT2D eigenvalue weighted by atomic mass is 35.5. The number of hydrogen-bond donors (Lipinski definition) is 2. The van der Waals surface area contributed by atoms with Gasteiger partial charge in [-0.05, 0) is 75.0 Å². The summed E-state index contributed by atoms with van der Waals surface area (Å²) in [6.07, 6.45) is 10.8. The number of halogens is 1. The first-order chi connectivity index (χ1) is 16.1. The molecule has 3 unspecified atom stereocenters. The Bertz CT molecular complexity index is 1160. The van der Waals surface area contributed by atoms with E-state index in [1.807, 2.05) is 6.21 Å². The van der Waals surface area contributed by atoms with E-state index in [0.29, 0.717) is 12.0 Å². The van der Waals surface area contributed by atoms with Crippen molar-refractivity contribution in [3.63, 3.8) is 0 Å². The molecule has 1 aromatic rings. The summed E-state index contributed by atoms with van der Waals surface area (Å²) in [6.45, 7) is 10.2. The van der Waals surface area contributed by atoms with Crippen LogP contribution in [-0.2, 0) is 0 Å². The molecule has 2 heterocycles. The first kappa shape index (κ1) is 24.3. The number of likely N-dealkylation sites (tertiary alicyclic amines) is 1. The maximum Gasteiger partial charge on any atom is 0.339 e. The van der Waals surface area contributed by atoms with Gasteiger partial charge in [-0.1, -0.05) is 42.3 Å². The van der Waals surface area contributed by atoms with Crippen LogP contribution in [0.1, 0.15) is 63.7 Å². The normalized spacial score (nSPS) is 26.9. The molecule has 0 amide bonds. The first-order valence-corrected chi connectivity index (χ1v) is 12.3. The number of hydrogen-bond acceptors (Lipinski definition) is 4. The monoisotopic (exact) mass is 480 g/mol. The van der Waals surface area contributed by atoms with Crippen molar-refractivity contribution in [2.75, 3.05) is 6.54 Å². The molecule has 0 saturated carbocycles. The zero-order valence-corrected chi connectivity index (χ0v) is 21.1. The summed E-state index contributed by atoms with van der Waals surface area (Å²) in [7, 11) is 0. The molecule has 3 atom stereocenters. The molecular weight excluding hydrogens is 448 g/mol. The van der Waals surface area contributed by atoms with Crippen molar-refractivity contribution in [3.05, 3.63) is 75.0 Å². The van der Waals surface area contributed by atoms with Crippen molar-refractivity contribution in [1.82, 2.24) is 4.90 Å². The molecule has 0 aromatic heterocycles. The molecule has 2 aliphatic heterocycles. The fourth-order valence-electron chi connectivity index (χ4n) is 5.64. The molecule has 5 nitrogen and oxygen atoms in total. The fourth-order valence-corrected chi connectivity index (χ4v) is 5.82. The van der Waals surface area contributed by atoms with Crippen LogP contribution in [0.2, 0.25) is 0 Å². The van der Waals surface area contributed by atoms with Crippen molar-refractivity contribution in [2.24, 2.45) is 10.9 Å². The largest absolute Gasteiger partial charge is 0.507 e. The zero-order chi connectivity index (χ0) is 24.6. The average molecular weight is 481 g/mol. The van der Waals surface area contributed by atoms with E-state index in [4.69, 9.17) is 26.8 Å². The quantitative estimate of drug-likeness (QED) is 0.486. The van der Waals surface area contributed by atoms with Gasteiger partial charge in [0.05, 0.1) is 5.54 Å². The highest BCUT2D eigenvalue weighted by molar-refractivity contribution is 6.30. The number of nitrogens with zero attached hydrogens (tertiary/aromatic N) is 2. The van der Waals surface area contributed by atoms with Crippen LogP contribution < -0.4 is 0 Å². The number of aliphatic imine (C=N–C) groups is 1. The molecule has 0 spiro atoms. The van der Waals surface area contributed by atoms with Gasteiger partial charge in [0.25, 0.3) is 0 Å². The van der Waals surface area contributed by atoms with Crippen LogP contribution in [-0.4, -0.2) is 45.4 Å². The van der Waals surface area contributed by atoms with Gasteiger partial charge in [0.1, 0.15) is 11.3 Å². The molecule has 2 N–H and O–H groups in total. The Morgan fingerprint density at radius 3 is 2.68 bits per heavy atom. The minimum atomic E-state index is -1.11. The summed E-state index contributed by atoms with van der Waals surface area (Å²) < 4.78 is 0. The molecule has 0 fully saturated rings. The SMILES string of the molecule is CC(C)=CCN1C2=C3CC1C(C)C1(C)N=CCC(Cl)=CC3=C1CC2.O=C(O)c1ccccc1O. The van der Waals surface area contributed by atoms with Crippen molar-refractivity contribution in [2.45, 2.75) is 65.0 Å². The number of phenols is 1. The average Bonchev–Trinajstić information content (AvgIpc) is 3.13. The highest BCUT2D eigenvalue weighted by Crippen LogP contribution is 2.54. The van der Waals surface area contributed by atoms with Gasteiger partial charge in [0.15, 0.2) is 0 Å². The number of carboxylic acids is 1. The minimum absolute atomic E-state index is 0.0671. The molecule has 5 bridgehead atoms. The Hall–Kier alpha value is -2.79. The summed E-state index contributed by atoms with van der Waals surface area (Å²) in [5.74, 6) is -0.807. The molecule has 0 radical (unpaired) electrons. The standard InChI is InChI=1S/C21H27ClN2.C7H6O3/c1-13(2)8-10-24-19-6-5-18-16-11-15(22)7-9-23-21(18,4)14(3)20(24)12-17(16)19;8-6-4-2-1-3-5(6)7(9)10/h8-9,11,14,20H,5-7,10,12H2,1-4H3;1-4,8H,(H,9,10). The molecule has 2 aliphatic carbocycles. The van der Waals surface area contributed by atoms with Gasteiger partial charge in [-0.15, -0.1) is 0 Å². The van der Waals surface area contributed by atoms with E-state index in [2.05, 4.69) is 44.7 Å². The third-order valence-corrected chi connectivity index (χ3v) is 7.89. The van der Waals surface area contributed by atoms with E-state index in [0.717, 1.165) is 37.3 Å². The lowest BCUT2D eigenvalue weighted by Gasteiger charge is -2.46. The smallest absolute Gasteiger partial charge is 0.339 e.